The number of nitrogens with two attached hydrogens (primary N) is 1. The Balaban J connectivity index is 2.74. The molecule has 0 saturated heterocycles. The summed E-state index contributed by atoms with van der Waals surface area (Å²) >= 11 is 0. The molecule has 5 nitrogen and oxygen atoms in total. The predicted molar refractivity (Wildman–Crippen MR) is 58.6 cm³/mol. The smallest absolute Gasteiger partial charge is 0.316 e. The second-order valence-electron chi connectivity index (χ2n) is 2.97. The number of nitrogens with one attached hydrogen (secondary N) is 2. The van der Waals surface area contributed by atoms with Crippen molar-refractivity contribution in [3.05, 3.63) is 24.3 Å². The minimum Gasteiger partial charge on any atom is -0.351 e. The molecular weight excluding hydrogens is 194 g/mol. The number of hydrogen-bond acceptors (Lipinski definition) is 2. The summed E-state index contributed by atoms with van der Waals surface area (Å²) in [5, 5.41) is 5.10. The minimum atomic E-state index is -0.631. The molecule has 0 aromatic heterocycles. The molecule has 0 aliphatic carbocycles. The molecule has 0 heterocycles. The first-order valence-corrected chi connectivity index (χ1v) is 4.58. The molecule has 0 aliphatic heterocycles. The van der Waals surface area contributed by atoms with Crippen molar-refractivity contribution in [3.8, 4) is 0 Å². The van der Waals surface area contributed by atoms with Gasteiger partial charge < -0.3 is 16.4 Å². The van der Waals surface area contributed by atoms with Gasteiger partial charge in [0.25, 0.3) is 0 Å². The molecule has 0 radical (unpaired) electrons. The van der Waals surface area contributed by atoms with Crippen molar-refractivity contribution in [2.24, 2.45) is 5.73 Å². The summed E-state index contributed by atoms with van der Waals surface area (Å²) < 4.78 is 0. The average molecular weight is 207 g/mol. The lowest BCUT2D eigenvalue weighted by Crippen LogP contribution is -2.19. The Kier molecular flexibility index (Phi) is 3.68. The van der Waals surface area contributed by atoms with Gasteiger partial charge in [-0.3, -0.25) is 4.79 Å². The van der Waals surface area contributed by atoms with Gasteiger partial charge in [0, 0.05) is 17.8 Å². The van der Waals surface area contributed by atoms with Crippen LogP contribution in [0.1, 0.15) is 13.3 Å². The third-order valence-corrected chi connectivity index (χ3v) is 1.73. The number of carbonyl (C=O) groups excluding carboxylic acids is 2. The van der Waals surface area contributed by atoms with Gasteiger partial charge in [-0.15, -0.1) is 0 Å². The van der Waals surface area contributed by atoms with Gasteiger partial charge in [-0.25, -0.2) is 4.79 Å². The molecule has 0 aliphatic rings. The van der Waals surface area contributed by atoms with E-state index in [9.17, 15) is 9.59 Å². The van der Waals surface area contributed by atoms with Gasteiger partial charge in [0.05, 0.1) is 0 Å². The summed E-state index contributed by atoms with van der Waals surface area (Å²) in [4.78, 5) is 21.7. The fourth-order valence-electron chi connectivity index (χ4n) is 1.07. The Bertz CT molecular complexity index is 377. The molecule has 0 fully saturated rings. The largest absolute Gasteiger partial charge is 0.351 e. The van der Waals surface area contributed by atoms with Gasteiger partial charge in [-0.1, -0.05) is 13.0 Å². The first-order valence-electron chi connectivity index (χ1n) is 4.58. The zero-order valence-corrected chi connectivity index (χ0v) is 8.41. The summed E-state index contributed by atoms with van der Waals surface area (Å²) in [6.45, 7) is 1.76. The van der Waals surface area contributed by atoms with Crippen molar-refractivity contribution in [1.82, 2.24) is 0 Å². The highest BCUT2D eigenvalue weighted by Crippen LogP contribution is 2.14. The Hall–Kier alpha value is -2.04. The van der Waals surface area contributed by atoms with Crippen molar-refractivity contribution in [1.29, 1.82) is 0 Å². The maximum Gasteiger partial charge on any atom is 0.316 e. The van der Waals surface area contributed by atoms with Crippen LogP contribution in [0.25, 0.3) is 0 Å². The first kappa shape index (κ1) is 11.0. The van der Waals surface area contributed by atoms with Crippen molar-refractivity contribution in [3.63, 3.8) is 0 Å². The molecule has 4 N–H and O–H groups in total. The molecular formula is C10H13N3O2. The van der Waals surface area contributed by atoms with Crippen LogP contribution in [0.4, 0.5) is 16.2 Å². The van der Waals surface area contributed by atoms with E-state index in [1.165, 1.54) is 0 Å². The fourth-order valence-corrected chi connectivity index (χ4v) is 1.07. The SMILES string of the molecule is CCC(=O)Nc1cccc(NC(N)=O)c1. The van der Waals surface area contributed by atoms with E-state index in [0.29, 0.717) is 17.8 Å². The molecule has 80 valence electrons. The van der Waals surface area contributed by atoms with E-state index < -0.39 is 6.03 Å². The second kappa shape index (κ2) is 4.99. The third-order valence-electron chi connectivity index (χ3n) is 1.73. The van der Waals surface area contributed by atoms with Crippen LogP contribution >= 0.6 is 0 Å². The van der Waals surface area contributed by atoms with Crippen LogP contribution in [-0.2, 0) is 4.79 Å². The van der Waals surface area contributed by atoms with Gasteiger partial charge in [0.15, 0.2) is 0 Å². The van der Waals surface area contributed by atoms with E-state index in [0.717, 1.165) is 0 Å². The number of hydrogen-bond donors (Lipinski definition) is 3. The van der Waals surface area contributed by atoms with Gasteiger partial charge in [-0.05, 0) is 18.2 Å². The van der Waals surface area contributed by atoms with Crippen LogP contribution in [-0.4, -0.2) is 11.9 Å². The zero-order chi connectivity index (χ0) is 11.3. The molecule has 0 spiro atoms. The monoisotopic (exact) mass is 207 g/mol. The Morgan fingerprint density at radius 3 is 2.40 bits per heavy atom. The number of primary amides is 1. The van der Waals surface area contributed by atoms with Crippen LogP contribution < -0.4 is 16.4 Å². The standard InChI is InChI=1S/C10H13N3O2/c1-2-9(14)12-7-4-3-5-8(6-7)13-10(11)15/h3-6H,2H2,1H3,(H,12,14)(H3,11,13,15). The molecule has 3 amide bonds. The van der Waals surface area contributed by atoms with E-state index in [1.807, 2.05) is 0 Å². The number of anilines is 2. The van der Waals surface area contributed by atoms with Crippen molar-refractivity contribution >= 4 is 23.3 Å². The molecule has 1 rings (SSSR count). The zero-order valence-electron chi connectivity index (χ0n) is 8.41. The van der Waals surface area contributed by atoms with Crippen molar-refractivity contribution < 1.29 is 9.59 Å². The van der Waals surface area contributed by atoms with Gasteiger partial charge >= 0.3 is 6.03 Å². The van der Waals surface area contributed by atoms with Crippen molar-refractivity contribution in [2.45, 2.75) is 13.3 Å². The third kappa shape index (κ3) is 3.68. The number of benzene rings is 1. The van der Waals surface area contributed by atoms with Gasteiger partial charge in [0.2, 0.25) is 5.91 Å². The summed E-state index contributed by atoms with van der Waals surface area (Å²) in [7, 11) is 0. The van der Waals surface area contributed by atoms with E-state index in [1.54, 1.807) is 31.2 Å². The van der Waals surface area contributed by atoms with Gasteiger partial charge in [0.1, 0.15) is 0 Å². The van der Waals surface area contributed by atoms with E-state index in [2.05, 4.69) is 10.6 Å². The molecule has 1 aromatic rings. The summed E-state index contributed by atoms with van der Waals surface area (Å²) in [6, 6.07) is 6.15. The Labute approximate surface area is 87.7 Å². The van der Waals surface area contributed by atoms with Crippen molar-refractivity contribution in [2.75, 3.05) is 10.6 Å². The summed E-state index contributed by atoms with van der Waals surface area (Å²) in [5.41, 5.74) is 6.15. The molecule has 5 heteroatoms. The maximum atomic E-state index is 11.1. The molecule has 0 saturated carbocycles. The highest BCUT2D eigenvalue weighted by molar-refractivity contribution is 5.92. The molecule has 0 bridgehead atoms. The first-order chi connectivity index (χ1) is 7.11. The number of urea groups is 1. The van der Waals surface area contributed by atoms with Gasteiger partial charge in [-0.2, -0.15) is 0 Å². The van der Waals surface area contributed by atoms with Crippen LogP contribution in [0.5, 0.6) is 0 Å². The lowest BCUT2D eigenvalue weighted by molar-refractivity contribution is -0.115. The fraction of sp³-hybridized carbons (Fsp3) is 0.200. The van der Waals surface area contributed by atoms with Crippen LogP contribution in [0.2, 0.25) is 0 Å². The van der Waals surface area contributed by atoms with E-state index in [-0.39, 0.29) is 5.91 Å². The van der Waals surface area contributed by atoms with Crippen LogP contribution in [0.3, 0.4) is 0 Å². The van der Waals surface area contributed by atoms with E-state index >= 15 is 0 Å². The lowest BCUT2D eigenvalue weighted by Gasteiger charge is -2.06. The predicted octanol–water partition coefficient (Wildman–Crippen LogP) is 1.53. The molecule has 15 heavy (non-hydrogen) atoms. The normalized spacial score (nSPS) is 9.40. The highest BCUT2D eigenvalue weighted by atomic mass is 16.2. The topological polar surface area (TPSA) is 84.2 Å². The summed E-state index contributed by atoms with van der Waals surface area (Å²) in [6.07, 6.45) is 0.410. The minimum absolute atomic E-state index is 0.0776. The number of carbonyl (C=O) groups is 2. The Morgan fingerprint density at radius 2 is 1.87 bits per heavy atom. The van der Waals surface area contributed by atoms with E-state index in [4.69, 9.17) is 5.73 Å². The van der Waals surface area contributed by atoms with Crippen LogP contribution in [0.15, 0.2) is 24.3 Å². The second-order valence-corrected chi connectivity index (χ2v) is 2.97. The Morgan fingerprint density at radius 1 is 1.27 bits per heavy atom. The number of amides is 3. The average Bonchev–Trinajstić information content (AvgIpc) is 2.17. The molecule has 0 atom stereocenters. The quantitative estimate of drug-likeness (QED) is 0.702. The maximum absolute atomic E-state index is 11.1. The molecule has 0 unspecified atom stereocenters. The number of rotatable bonds is 3. The highest BCUT2D eigenvalue weighted by Gasteiger charge is 2.00. The lowest BCUT2D eigenvalue weighted by atomic mass is 10.2. The molecule has 1 aromatic carbocycles. The summed E-state index contributed by atoms with van der Waals surface area (Å²) in [5.74, 6) is -0.0776. The van der Waals surface area contributed by atoms with Crippen LogP contribution in [0, 0.1) is 0 Å².